The van der Waals surface area contributed by atoms with E-state index >= 15 is 0 Å². The minimum Gasteiger partial charge on any atom is -0.0843 e. The van der Waals surface area contributed by atoms with Gasteiger partial charge < -0.3 is 0 Å². The van der Waals surface area contributed by atoms with Crippen molar-refractivity contribution < 1.29 is 0 Å². The number of benzene rings is 2. The number of rotatable bonds is 1. The SMILES string of the molecule is CC1(C)C2=C(C=CCC2)c2cccc(-c3ccc(Cl)cc3)c21. The zero-order chi connectivity index (χ0) is 15.3. The summed E-state index contributed by atoms with van der Waals surface area (Å²) in [5.41, 5.74) is 8.59. The average Bonchev–Trinajstić information content (AvgIpc) is 2.77. The largest absolute Gasteiger partial charge is 0.0843 e. The maximum absolute atomic E-state index is 6.05. The van der Waals surface area contributed by atoms with Crippen LogP contribution >= 0.6 is 11.6 Å². The van der Waals surface area contributed by atoms with Crippen molar-refractivity contribution in [2.24, 2.45) is 0 Å². The lowest BCUT2D eigenvalue weighted by molar-refractivity contribution is 0.609. The fraction of sp³-hybridized carbons (Fsp3) is 0.238. The fourth-order valence-electron chi connectivity index (χ4n) is 4.04. The molecule has 0 amide bonds. The third-order valence-corrected chi connectivity index (χ3v) is 5.31. The molecule has 0 aliphatic heterocycles. The van der Waals surface area contributed by atoms with E-state index in [9.17, 15) is 0 Å². The Morgan fingerprint density at radius 1 is 0.955 bits per heavy atom. The van der Waals surface area contributed by atoms with Crippen molar-refractivity contribution in [3.05, 3.63) is 76.3 Å². The molecule has 0 unspecified atom stereocenters. The van der Waals surface area contributed by atoms with E-state index in [1.54, 1.807) is 5.57 Å². The lowest BCUT2D eigenvalue weighted by atomic mass is 9.76. The number of halogens is 1. The van der Waals surface area contributed by atoms with Gasteiger partial charge in [0.2, 0.25) is 0 Å². The van der Waals surface area contributed by atoms with Crippen LogP contribution in [0.15, 0.2) is 60.2 Å². The fourth-order valence-corrected chi connectivity index (χ4v) is 4.16. The topological polar surface area (TPSA) is 0 Å². The molecule has 0 heterocycles. The standard InChI is InChI=1S/C21H19Cl/c1-21(2)19-9-4-3-6-17(19)18-8-5-7-16(20(18)21)14-10-12-15(22)13-11-14/h3,5-8,10-13H,4,9H2,1-2H3. The second-order valence-electron chi connectivity index (χ2n) is 6.69. The van der Waals surface area contributed by atoms with E-state index < -0.39 is 0 Å². The van der Waals surface area contributed by atoms with Crippen LogP contribution in [0.2, 0.25) is 5.02 Å². The second-order valence-corrected chi connectivity index (χ2v) is 7.13. The normalized spacial score (nSPS) is 18.3. The Labute approximate surface area is 137 Å². The molecule has 2 aromatic carbocycles. The number of fused-ring (bicyclic) bond motifs is 2. The molecule has 0 bridgehead atoms. The van der Waals surface area contributed by atoms with Crippen LogP contribution in [0.3, 0.4) is 0 Å². The van der Waals surface area contributed by atoms with Gasteiger partial charge in [0.25, 0.3) is 0 Å². The van der Waals surface area contributed by atoms with Gasteiger partial charge in [0.15, 0.2) is 0 Å². The molecule has 2 aliphatic carbocycles. The third kappa shape index (κ3) is 1.90. The average molecular weight is 307 g/mol. The summed E-state index contributed by atoms with van der Waals surface area (Å²) in [6.45, 7) is 4.74. The first-order valence-electron chi connectivity index (χ1n) is 7.89. The molecule has 110 valence electrons. The number of allylic oxidation sites excluding steroid dienone is 4. The highest BCUT2D eigenvalue weighted by Crippen LogP contribution is 2.52. The van der Waals surface area contributed by atoms with Crippen molar-refractivity contribution in [2.75, 3.05) is 0 Å². The number of hydrogen-bond donors (Lipinski definition) is 0. The van der Waals surface area contributed by atoms with Gasteiger partial charge in [-0.3, -0.25) is 0 Å². The van der Waals surface area contributed by atoms with Crippen molar-refractivity contribution in [1.29, 1.82) is 0 Å². The van der Waals surface area contributed by atoms with Crippen LogP contribution in [-0.2, 0) is 5.41 Å². The molecule has 0 spiro atoms. The summed E-state index contributed by atoms with van der Waals surface area (Å²) in [5, 5.41) is 0.788. The zero-order valence-electron chi connectivity index (χ0n) is 13.0. The maximum atomic E-state index is 6.05. The minimum absolute atomic E-state index is 0.103. The van der Waals surface area contributed by atoms with Crippen LogP contribution in [-0.4, -0.2) is 0 Å². The van der Waals surface area contributed by atoms with Crippen LogP contribution in [0.1, 0.15) is 37.8 Å². The van der Waals surface area contributed by atoms with Gasteiger partial charge in [0.05, 0.1) is 0 Å². The molecule has 0 radical (unpaired) electrons. The highest BCUT2D eigenvalue weighted by Gasteiger charge is 2.38. The summed E-state index contributed by atoms with van der Waals surface area (Å²) in [4.78, 5) is 0. The molecule has 0 fully saturated rings. The first-order chi connectivity index (χ1) is 10.6. The zero-order valence-corrected chi connectivity index (χ0v) is 13.7. The molecular formula is C21H19Cl. The van der Waals surface area contributed by atoms with E-state index in [0.717, 1.165) is 11.4 Å². The van der Waals surface area contributed by atoms with Gasteiger partial charge in [-0.1, -0.05) is 73.5 Å². The van der Waals surface area contributed by atoms with Gasteiger partial charge in [-0.05, 0) is 52.8 Å². The van der Waals surface area contributed by atoms with Gasteiger partial charge in [0.1, 0.15) is 0 Å². The molecule has 22 heavy (non-hydrogen) atoms. The maximum Gasteiger partial charge on any atom is 0.0406 e. The Morgan fingerprint density at radius 3 is 2.45 bits per heavy atom. The molecule has 2 aliphatic rings. The predicted molar refractivity (Wildman–Crippen MR) is 95.2 cm³/mol. The Balaban J connectivity index is 1.96. The van der Waals surface area contributed by atoms with Crippen LogP contribution in [0, 0.1) is 0 Å². The monoisotopic (exact) mass is 306 g/mol. The van der Waals surface area contributed by atoms with Crippen molar-refractivity contribution in [1.82, 2.24) is 0 Å². The predicted octanol–water partition coefficient (Wildman–Crippen LogP) is 6.40. The lowest BCUT2D eigenvalue weighted by Crippen LogP contribution is -2.18. The summed E-state index contributed by atoms with van der Waals surface area (Å²) in [6.07, 6.45) is 6.96. The summed E-state index contributed by atoms with van der Waals surface area (Å²) >= 11 is 6.05. The van der Waals surface area contributed by atoms with Crippen LogP contribution < -0.4 is 0 Å². The van der Waals surface area contributed by atoms with Gasteiger partial charge in [-0.15, -0.1) is 0 Å². The Kier molecular flexibility index (Phi) is 3.06. The first-order valence-corrected chi connectivity index (χ1v) is 8.27. The highest BCUT2D eigenvalue weighted by atomic mass is 35.5. The van der Waals surface area contributed by atoms with Crippen molar-refractivity contribution >= 4 is 17.2 Å². The van der Waals surface area contributed by atoms with Crippen molar-refractivity contribution in [2.45, 2.75) is 32.1 Å². The molecule has 0 nitrogen and oxygen atoms in total. The smallest absolute Gasteiger partial charge is 0.0406 e. The quantitative estimate of drug-likeness (QED) is 0.571. The molecule has 0 saturated carbocycles. The molecule has 0 saturated heterocycles. The van der Waals surface area contributed by atoms with Crippen LogP contribution in [0.5, 0.6) is 0 Å². The molecule has 4 rings (SSSR count). The van der Waals surface area contributed by atoms with Gasteiger partial charge in [-0.25, -0.2) is 0 Å². The Morgan fingerprint density at radius 2 is 1.68 bits per heavy atom. The summed E-state index contributed by atoms with van der Waals surface area (Å²) in [6, 6.07) is 14.9. The van der Waals surface area contributed by atoms with Gasteiger partial charge in [0, 0.05) is 10.4 Å². The number of hydrogen-bond acceptors (Lipinski definition) is 0. The molecule has 0 N–H and O–H groups in total. The molecule has 0 atom stereocenters. The van der Waals surface area contributed by atoms with E-state index in [2.05, 4.69) is 56.3 Å². The van der Waals surface area contributed by atoms with E-state index in [4.69, 9.17) is 11.6 Å². The van der Waals surface area contributed by atoms with E-state index in [1.165, 1.54) is 34.2 Å². The van der Waals surface area contributed by atoms with Crippen LogP contribution in [0.25, 0.3) is 16.7 Å². The van der Waals surface area contributed by atoms with E-state index in [0.29, 0.717) is 0 Å². The summed E-state index contributed by atoms with van der Waals surface area (Å²) in [7, 11) is 0. The third-order valence-electron chi connectivity index (χ3n) is 5.06. The van der Waals surface area contributed by atoms with Gasteiger partial charge in [-0.2, -0.15) is 0 Å². The molecule has 2 aromatic rings. The summed E-state index contributed by atoms with van der Waals surface area (Å²) < 4.78 is 0. The van der Waals surface area contributed by atoms with E-state index in [-0.39, 0.29) is 5.41 Å². The van der Waals surface area contributed by atoms with Gasteiger partial charge >= 0.3 is 0 Å². The Bertz CT molecular complexity index is 804. The minimum atomic E-state index is 0.103. The molecule has 0 aromatic heterocycles. The van der Waals surface area contributed by atoms with Crippen molar-refractivity contribution in [3.8, 4) is 11.1 Å². The second kappa shape index (κ2) is 4.86. The Hall–Kier alpha value is -1.79. The first kappa shape index (κ1) is 13.8. The van der Waals surface area contributed by atoms with Crippen molar-refractivity contribution in [3.63, 3.8) is 0 Å². The highest BCUT2D eigenvalue weighted by molar-refractivity contribution is 6.30. The molecule has 1 heteroatoms. The lowest BCUT2D eigenvalue weighted by Gasteiger charge is -2.27. The van der Waals surface area contributed by atoms with E-state index in [1.807, 2.05) is 12.1 Å². The molecular weight excluding hydrogens is 288 g/mol. The van der Waals surface area contributed by atoms with Crippen LogP contribution in [0.4, 0.5) is 0 Å². The summed E-state index contributed by atoms with van der Waals surface area (Å²) in [5.74, 6) is 0.